The molecule has 0 amide bonds. The molecule has 2 aromatic heterocycles. The van der Waals surface area contributed by atoms with Crippen LogP contribution in [0.1, 0.15) is 10.8 Å². The first kappa shape index (κ1) is 11.1. The molecule has 2 heterocycles. The normalized spacial score (nSPS) is 12.3. The molecule has 0 aromatic carbocycles. The van der Waals surface area contributed by atoms with Gasteiger partial charge in [0.05, 0.1) is 25.3 Å². The maximum absolute atomic E-state index is 9.29. The lowest BCUT2D eigenvalue weighted by atomic mass is 10.1. The smallest absolute Gasteiger partial charge is 0.137 e. The molecule has 1 atom stereocenters. The molecule has 0 fully saturated rings. The molecule has 1 unspecified atom stereocenters. The van der Waals surface area contributed by atoms with Crippen LogP contribution in [0.5, 0.6) is 5.75 Å². The van der Waals surface area contributed by atoms with Crippen molar-refractivity contribution < 1.29 is 9.84 Å². The second-order valence-corrected chi connectivity index (χ2v) is 4.37. The van der Waals surface area contributed by atoms with Crippen molar-refractivity contribution in [2.75, 3.05) is 13.2 Å². The summed E-state index contributed by atoms with van der Waals surface area (Å²) in [6, 6.07) is 7.68. The van der Waals surface area contributed by atoms with E-state index in [9.17, 15) is 5.11 Å². The van der Waals surface area contributed by atoms with E-state index < -0.39 is 0 Å². The molecule has 2 aromatic rings. The standard InChI is InChI=1S/C12H13NO2S/c14-8-10(12-4-2-6-16-12)9-15-11-3-1-5-13-7-11/h1-7,10,14H,8-9H2. The lowest BCUT2D eigenvalue weighted by molar-refractivity contribution is 0.206. The van der Waals surface area contributed by atoms with Crippen molar-refractivity contribution in [3.8, 4) is 5.75 Å². The van der Waals surface area contributed by atoms with Crippen molar-refractivity contribution in [3.05, 3.63) is 46.9 Å². The van der Waals surface area contributed by atoms with Crippen molar-refractivity contribution in [2.24, 2.45) is 0 Å². The van der Waals surface area contributed by atoms with Gasteiger partial charge in [-0.2, -0.15) is 0 Å². The van der Waals surface area contributed by atoms with Crippen LogP contribution in [0.3, 0.4) is 0 Å². The summed E-state index contributed by atoms with van der Waals surface area (Å²) in [5.41, 5.74) is 0. The Labute approximate surface area is 98.4 Å². The molecule has 0 radical (unpaired) electrons. The lowest BCUT2D eigenvalue weighted by Gasteiger charge is -2.13. The second-order valence-electron chi connectivity index (χ2n) is 3.39. The summed E-state index contributed by atoms with van der Waals surface area (Å²) in [4.78, 5) is 5.11. The van der Waals surface area contributed by atoms with Crippen LogP contribution in [0, 0.1) is 0 Å². The Bertz CT molecular complexity index is 402. The van der Waals surface area contributed by atoms with Crippen molar-refractivity contribution in [3.63, 3.8) is 0 Å². The predicted octanol–water partition coefficient (Wildman–Crippen LogP) is 2.30. The van der Waals surface area contributed by atoms with Crippen molar-refractivity contribution in [1.82, 2.24) is 4.98 Å². The van der Waals surface area contributed by atoms with Gasteiger partial charge in [-0.05, 0) is 23.6 Å². The van der Waals surface area contributed by atoms with Gasteiger partial charge in [0.2, 0.25) is 0 Å². The molecule has 0 saturated carbocycles. The third-order valence-corrected chi connectivity index (χ3v) is 3.29. The average Bonchev–Trinajstić information content (AvgIpc) is 2.85. The summed E-state index contributed by atoms with van der Waals surface area (Å²) in [5.74, 6) is 0.776. The largest absolute Gasteiger partial charge is 0.491 e. The minimum Gasteiger partial charge on any atom is -0.491 e. The second kappa shape index (κ2) is 5.63. The van der Waals surface area contributed by atoms with Gasteiger partial charge in [0, 0.05) is 11.1 Å². The molecular formula is C12H13NO2S. The van der Waals surface area contributed by atoms with Crippen LogP contribution in [-0.2, 0) is 0 Å². The minimum absolute atomic E-state index is 0.0419. The maximum Gasteiger partial charge on any atom is 0.137 e. The number of aliphatic hydroxyl groups excluding tert-OH is 1. The van der Waals surface area contributed by atoms with E-state index in [1.807, 2.05) is 29.6 Å². The Balaban J connectivity index is 1.94. The number of thiophene rings is 1. The number of ether oxygens (including phenoxy) is 1. The van der Waals surface area contributed by atoms with Gasteiger partial charge in [0.25, 0.3) is 0 Å². The number of hydrogen-bond acceptors (Lipinski definition) is 4. The van der Waals surface area contributed by atoms with Crippen LogP contribution in [0.25, 0.3) is 0 Å². The molecule has 0 aliphatic carbocycles. The van der Waals surface area contributed by atoms with Crippen LogP contribution in [0.15, 0.2) is 42.0 Å². The number of aliphatic hydroxyl groups is 1. The Morgan fingerprint density at radius 2 is 2.31 bits per heavy atom. The highest BCUT2D eigenvalue weighted by Crippen LogP contribution is 2.21. The Morgan fingerprint density at radius 3 is 2.94 bits per heavy atom. The Hall–Kier alpha value is -1.39. The first-order chi connectivity index (χ1) is 7.90. The topological polar surface area (TPSA) is 42.4 Å². The van der Waals surface area contributed by atoms with Gasteiger partial charge in [0.1, 0.15) is 5.75 Å². The number of pyridine rings is 1. The van der Waals surface area contributed by atoms with E-state index in [-0.39, 0.29) is 12.5 Å². The highest BCUT2D eigenvalue weighted by atomic mass is 32.1. The predicted molar refractivity (Wildman–Crippen MR) is 63.9 cm³/mol. The summed E-state index contributed by atoms with van der Waals surface area (Å²) < 4.78 is 5.57. The van der Waals surface area contributed by atoms with E-state index >= 15 is 0 Å². The van der Waals surface area contributed by atoms with E-state index in [1.165, 1.54) is 0 Å². The lowest BCUT2D eigenvalue weighted by Crippen LogP contribution is -2.13. The zero-order valence-corrected chi connectivity index (χ0v) is 9.56. The number of hydrogen-bond donors (Lipinski definition) is 1. The molecule has 0 bridgehead atoms. The fraction of sp³-hybridized carbons (Fsp3) is 0.250. The highest BCUT2D eigenvalue weighted by molar-refractivity contribution is 7.10. The molecule has 84 valence electrons. The third kappa shape index (κ3) is 2.81. The summed E-state index contributed by atoms with van der Waals surface area (Å²) in [7, 11) is 0. The molecule has 3 nitrogen and oxygen atoms in total. The van der Waals surface area contributed by atoms with Gasteiger partial charge in [-0.25, -0.2) is 0 Å². The summed E-state index contributed by atoms with van der Waals surface area (Å²) >= 11 is 1.64. The first-order valence-corrected chi connectivity index (χ1v) is 5.95. The zero-order chi connectivity index (χ0) is 11.2. The SMILES string of the molecule is OCC(COc1cccnc1)c1cccs1. The summed E-state index contributed by atoms with van der Waals surface area (Å²) in [6.07, 6.45) is 3.37. The van der Waals surface area contributed by atoms with Crippen LogP contribution in [-0.4, -0.2) is 23.3 Å². The van der Waals surface area contributed by atoms with Crippen molar-refractivity contribution >= 4 is 11.3 Å². The Kier molecular flexibility index (Phi) is 3.91. The monoisotopic (exact) mass is 235 g/mol. The van der Waals surface area contributed by atoms with Gasteiger partial charge >= 0.3 is 0 Å². The average molecular weight is 235 g/mol. The molecule has 0 aliphatic heterocycles. The van der Waals surface area contributed by atoms with E-state index in [0.717, 1.165) is 10.6 Å². The zero-order valence-electron chi connectivity index (χ0n) is 8.74. The van der Waals surface area contributed by atoms with Gasteiger partial charge in [-0.15, -0.1) is 11.3 Å². The molecule has 0 saturated heterocycles. The first-order valence-electron chi connectivity index (χ1n) is 5.07. The highest BCUT2D eigenvalue weighted by Gasteiger charge is 2.12. The number of nitrogens with zero attached hydrogens (tertiary/aromatic N) is 1. The van der Waals surface area contributed by atoms with Gasteiger partial charge in [0.15, 0.2) is 0 Å². The summed E-state index contributed by atoms with van der Waals surface area (Å²) in [5, 5.41) is 11.3. The van der Waals surface area contributed by atoms with E-state index in [1.54, 1.807) is 23.7 Å². The van der Waals surface area contributed by atoms with E-state index in [4.69, 9.17) is 4.74 Å². The molecule has 1 N–H and O–H groups in total. The van der Waals surface area contributed by atoms with E-state index in [0.29, 0.717) is 6.61 Å². The summed E-state index contributed by atoms with van der Waals surface area (Å²) in [6.45, 7) is 0.573. The Morgan fingerprint density at radius 1 is 1.38 bits per heavy atom. The fourth-order valence-corrected chi connectivity index (χ4v) is 2.18. The third-order valence-electron chi connectivity index (χ3n) is 2.25. The quantitative estimate of drug-likeness (QED) is 0.864. The molecule has 2 rings (SSSR count). The van der Waals surface area contributed by atoms with Gasteiger partial charge in [-0.3, -0.25) is 4.98 Å². The van der Waals surface area contributed by atoms with E-state index in [2.05, 4.69) is 4.98 Å². The maximum atomic E-state index is 9.29. The van der Waals surface area contributed by atoms with Crippen molar-refractivity contribution in [1.29, 1.82) is 0 Å². The number of aromatic nitrogens is 1. The van der Waals surface area contributed by atoms with Crippen LogP contribution in [0.4, 0.5) is 0 Å². The van der Waals surface area contributed by atoms with Crippen molar-refractivity contribution in [2.45, 2.75) is 5.92 Å². The number of rotatable bonds is 5. The van der Waals surface area contributed by atoms with Crippen LogP contribution >= 0.6 is 11.3 Å². The van der Waals surface area contributed by atoms with Gasteiger partial charge < -0.3 is 9.84 Å². The molecule has 16 heavy (non-hydrogen) atoms. The molecular weight excluding hydrogens is 222 g/mol. The molecule has 0 aliphatic rings. The fourth-order valence-electron chi connectivity index (χ4n) is 1.38. The van der Waals surface area contributed by atoms with Crippen LogP contribution < -0.4 is 4.74 Å². The molecule has 4 heteroatoms. The van der Waals surface area contributed by atoms with Gasteiger partial charge in [-0.1, -0.05) is 6.07 Å². The molecule has 0 spiro atoms. The van der Waals surface area contributed by atoms with Crippen LogP contribution in [0.2, 0.25) is 0 Å². The minimum atomic E-state index is 0.0419.